The van der Waals surface area contributed by atoms with Crippen LogP contribution in [0.25, 0.3) is 11.1 Å². The molecule has 1 unspecified atom stereocenters. The number of nitrogens with zero attached hydrogens (tertiary/aromatic N) is 1. The first-order chi connectivity index (χ1) is 21.6. The third kappa shape index (κ3) is 7.12. The molecule has 0 bridgehead atoms. The van der Waals surface area contributed by atoms with Gasteiger partial charge in [0.25, 0.3) is 0 Å². The molecule has 10 nitrogen and oxygen atoms in total. The fourth-order valence-corrected chi connectivity index (χ4v) is 9.63. The molecule has 3 fully saturated rings. The molecule has 0 aromatic heterocycles. The molecule has 2 atom stereocenters. The molecule has 3 aliphatic rings. The number of benzene rings is 3. The number of nitrogens with one attached hydrogen (secondary N) is 1. The number of sulfonamides is 1. The number of nitrogens with two attached hydrogens (primary N) is 1. The number of hydrogen-bond donors (Lipinski definition) is 3. The van der Waals surface area contributed by atoms with Gasteiger partial charge in [-0.25, -0.2) is 16.8 Å². The topological polar surface area (TPSA) is 148 Å². The second-order valence-electron chi connectivity index (χ2n) is 12.3. The molecule has 0 radical (unpaired) electrons. The van der Waals surface area contributed by atoms with Gasteiger partial charge in [-0.05, 0) is 73.1 Å². The summed E-state index contributed by atoms with van der Waals surface area (Å²) >= 11 is 0. The van der Waals surface area contributed by atoms with Gasteiger partial charge in [0.2, 0.25) is 10.0 Å². The Kier molecular flexibility index (Phi) is 9.36. The maximum absolute atomic E-state index is 13.8. The maximum Gasteiger partial charge on any atom is 0.243 e. The van der Waals surface area contributed by atoms with Crippen LogP contribution in [0.2, 0.25) is 0 Å². The standard InChI is InChI=1S/C33H41N3O7S2/c34-20-26-10-9-25(24-5-2-1-3-6-24)17-32(26)45(40,41)36-15-13-33(14-16-36)19-27(22-43-33)35-21-28(37)23-42-29-7-4-8-31(18-29)44(38,39)30-11-12-30/h1-10,17-18,27-28,30,35,37H,11-16,19-23,34H2/t27-,28?/m1/s1. The molecule has 3 aromatic carbocycles. The summed E-state index contributed by atoms with van der Waals surface area (Å²) in [6, 6.07) is 21.6. The highest BCUT2D eigenvalue weighted by molar-refractivity contribution is 7.92. The molecular formula is C33H41N3O7S2. The highest BCUT2D eigenvalue weighted by atomic mass is 32.2. The van der Waals surface area contributed by atoms with E-state index in [-0.39, 0.29) is 40.8 Å². The van der Waals surface area contributed by atoms with Crippen LogP contribution >= 0.6 is 0 Å². The van der Waals surface area contributed by atoms with Crippen molar-refractivity contribution in [1.82, 2.24) is 9.62 Å². The van der Waals surface area contributed by atoms with E-state index in [0.29, 0.717) is 63.1 Å². The van der Waals surface area contributed by atoms with Crippen LogP contribution in [0.1, 0.15) is 37.7 Å². The van der Waals surface area contributed by atoms with Crippen molar-refractivity contribution in [2.24, 2.45) is 5.73 Å². The zero-order chi connectivity index (χ0) is 31.7. The largest absolute Gasteiger partial charge is 0.491 e. The Hall–Kier alpha value is -2.84. The Morgan fingerprint density at radius 2 is 1.73 bits per heavy atom. The van der Waals surface area contributed by atoms with Crippen molar-refractivity contribution in [3.63, 3.8) is 0 Å². The van der Waals surface area contributed by atoms with E-state index in [1.807, 2.05) is 36.4 Å². The third-order valence-electron chi connectivity index (χ3n) is 9.04. The van der Waals surface area contributed by atoms with Crippen LogP contribution in [0.4, 0.5) is 0 Å². The molecule has 1 aliphatic carbocycles. The van der Waals surface area contributed by atoms with Gasteiger partial charge in [0.1, 0.15) is 18.5 Å². The van der Waals surface area contributed by atoms with E-state index in [0.717, 1.165) is 11.1 Å². The van der Waals surface area contributed by atoms with Gasteiger partial charge in [-0.15, -0.1) is 0 Å². The average molecular weight is 656 g/mol. The number of hydrogen-bond acceptors (Lipinski definition) is 9. The van der Waals surface area contributed by atoms with Crippen molar-refractivity contribution in [2.75, 3.05) is 32.8 Å². The zero-order valence-corrected chi connectivity index (χ0v) is 26.8. The molecule has 242 valence electrons. The number of sulfone groups is 1. The summed E-state index contributed by atoms with van der Waals surface area (Å²) in [5.74, 6) is 0.408. The molecule has 1 saturated carbocycles. The Bertz CT molecular complexity index is 1700. The second-order valence-corrected chi connectivity index (χ2v) is 16.4. The van der Waals surface area contributed by atoms with E-state index in [2.05, 4.69) is 5.32 Å². The third-order valence-corrected chi connectivity index (χ3v) is 13.3. The molecule has 12 heteroatoms. The lowest BCUT2D eigenvalue weighted by Crippen LogP contribution is -2.47. The monoisotopic (exact) mass is 655 g/mol. The summed E-state index contributed by atoms with van der Waals surface area (Å²) < 4.78 is 66.1. The SMILES string of the molecule is NCc1ccc(-c2ccccc2)cc1S(=O)(=O)N1CCC2(CC1)C[C@@H](NCC(O)COc1cccc(S(=O)(=O)C3CC3)c1)CO2. The Balaban J connectivity index is 1.00. The van der Waals surface area contributed by atoms with Crippen LogP contribution in [-0.2, 0) is 31.1 Å². The van der Waals surface area contributed by atoms with Crippen LogP contribution < -0.4 is 15.8 Å². The maximum atomic E-state index is 13.8. The minimum absolute atomic E-state index is 0.0150. The molecule has 1 spiro atoms. The van der Waals surface area contributed by atoms with Crippen LogP contribution in [-0.4, -0.2) is 82.1 Å². The highest BCUT2D eigenvalue weighted by Gasteiger charge is 2.45. The summed E-state index contributed by atoms with van der Waals surface area (Å²) in [4.78, 5) is 0.504. The minimum Gasteiger partial charge on any atom is -0.491 e. The Morgan fingerprint density at radius 3 is 2.44 bits per heavy atom. The van der Waals surface area contributed by atoms with Crippen molar-refractivity contribution in [3.05, 3.63) is 78.4 Å². The average Bonchev–Trinajstić information content (AvgIpc) is 3.86. The molecule has 45 heavy (non-hydrogen) atoms. The van der Waals surface area contributed by atoms with Gasteiger partial charge in [-0.1, -0.05) is 48.5 Å². The van der Waals surface area contributed by atoms with E-state index in [1.54, 1.807) is 30.3 Å². The van der Waals surface area contributed by atoms with Gasteiger partial charge in [0, 0.05) is 32.2 Å². The number of aliphatic hydroxyl groups excluding tert-OH is 1. The van der Waals surface area contributed by atoms with Crippen molar-refractivity contribution in [1.29, 1.82) is 0 Å². The van der Waals surface area contributed by atoms with Crippen molar-refractivity contribution < 1.29 is 31.4 Å². The number of rotatable bonds is 12. The summed E-state index contributed by atoms with van der Waals surface area (Å²) in [6.45, 7) is 1.59. The van der Waals surface area contributed by atoms with E-state index in [9.17, 15) is 21.9 Å². The summed E-state index contributed by atoms with van der Waals surface area (Å²) in [6.07, 6.45) is 2.45. The summed E-state index contributed by atoms with van der Waals surface area (Å²) in [5.41, 5.74) is 7.90. The molecular weight excluding hydrogens is 615 g/mol. The van der Waals surface area contributed by atoms with Gasteiger partial charge in [-0.3, -0.25) is 0 Å². The summed E-state index contributed by atoms with van der Waals surface area (Å²) in [7, 11) is -7.07. The van der Waals surface area contributed by atoms with Crippen molar-refractivity contribution in [2.45, 2.75) is 71.4 Å². The molecule has 0 amide bonds. The van der Waals surface area contributed by atoms with Crippen molar-refractivity contribution in [3.8, 4) is 16.9 Å². The van der Waals surface area contributed by atoms with Crippen LogP contribution in [0.15, 0.2) is 82.6 Å². The van der Waals surface area contributed by atoms with Crippen LogP contribution in [0, 0.1) is 0 Å². The van der Waals surface area contributed by atoms with Gasteiger partial charge in [-0.2, -0.15) is 4.31 Å². The fraction of sp³-hybridized carbons (Fsp3) is 0.455. The van der Waals surface area contributed by atoms with Crippen molar-refractivity contribution >= 4 is 19.9 Å². The van der Waals surface area contributed by atoms with E-state index < -0.39 is 31.6 Å². The first-order valence-corrected chi connectivity index (χ1v) is 18.5. The molecule has 2 saturated heterocycles. The van der Waals surface area contributed by atoms with Crippen LogP contribution in [0.3, 0.4) is 0 Å². The number of aliphatic hydroxyl groups is 1. The predicted molar refractivity (Wildman–Crippen MR) is 171 cm³/mol. The van der Waals surface area contributed by atoms with Gasteiger partial charge in [0.15, 0.2) is 9.84 Å². The van der Waals surface area contributed by atoms with E-state index >= 15 is 0 Å². The fourth-order valence-electron chi connectivity index (χ4n) is 6.24. The van der Waals surface area contributed by atoms with Gasteiger partial charge >= 0.3 is 0 Å². The normalized spacial score (nSPS) is 21.2. The summed E-state index contributed by atoms with van der Waals surface area (Å²) in [5, 5.41) is 13.6. The predicted octanol–water partition coefficient (Wildman–Crippen LogP) is 3.09. The minimum atomic E-state index is -3.76. The molecule has 2 aliphatic heterocycles. The van der Waals surface area contributed by atoms with Crippen LogP contribution in [0.5, 0.6) is 5.75 Å². The Morgan fingerprint density at radius 1 is 0.978 bits per heavy atom. The number of piperidine rings is 1. The van der Waals surface area contributed by atoms with E-state index in [4.69, 9.17) is 15.2 Å². The molecule has 4 N–H and O–H groups in total. The molecule has 6 rings (SSSR count). The lowest BCUT2D eigenvalue weighted by atomic mass is 9.88. The first-order valence-electron chi connectivity index (χ1n) is 15.5. The molecule has 2 heterocycles. The quantitative estimate of drug-likeness (QED) is 0.268. The second kappa shape index (κ2) is 13.1. The zero-order valence-electron chi connectivity index (χ0n) is 25.2. The number of ether oxygens (including phenoxy) is 2. The lowest BCUT2D eigenvalue weighted by Gasteiger charge is -2.38. The van der Waals surface area contributed by atoms with E-state index in [1.165, 1.54) is 10.4 Å². The first kappa shape index (κ1) is 32.1. The van der Waals surface area contributed by atoms with Gasteiger partial charge < -0.3 is 25.6 Å². The Labute approximate surface area is 265 Å². The molecule has 3 aromatic rings. The van der Waals surface area contributed by atoms with Gasteiger partial charge in [0.05, 0.1) is 27.2 Å². The highest BCUT2D eigenvalue weighted by Crippen LogP contribution is 2.38. The lowest BCUT2D eigenvalue weighted by molar-refractivity contribution is -0.0312. The smallest absolute Gasteiger partial charge is 0.243 e.